The molecule has 3 N–H and O–H groups in total. The van der Waals surface area contributed by atoms with E-state index in [0.717, 1.165) is 6.92 Å². The van der Waals surface area contributed by atoms with Gasteiger partial charge in [0.1, 0.15) is 6.04 Å². The molecule has 1 atom stereocenters. The van der Waals surface area contributed by atoms with Crippen LogP contribution in [0, 0.1) is 0 Å². The molecule has 0 spiro atoms. The predicted molar refractivity (Wildman–Crippen MR) is 53.1 cm³/mol. The van der Waals surface area contributed by atoms with Gasteiger partial charge in [0.15, 0.2) is 0 Å². The number of nitrogens with one attached hydrogen (secondary N) is 1. The number of imidazole rings is 1. The first-order chi connectivity index (χ1) is 8.00. The molecule has 17 heavy (non-hydrogen) atoms. The lowest BCUT2D eigenvalue weighted by Gasteiger charge is -2.07. The largest absolute Gasteiger partial charge is 0.421 e. The van der Waals surface area contributed by atoms with Crippen LogP contribution in [0.15, 0.2) is 12.5 Å². The lowest BCUT2D eigenvalue weighted by atomic mass is 10.2. The fourth-order valence-electron chi connectivity index (χ4n) is 0.916. The van der Waals surface area contributed by atoms with Gasteiger partial charge in [-0.15, -0.1) is 0 Å². The zero-order valence-corrected chi connectivity index (χ0v) is 9.00. The summed E-state index contributed by atoms with van der Waals surface area (Å²) in [6.45, 7) is 0.987. The predicted octanol–water partition coefficient (Wildman–Crippen LogP) is -1.13. The second kappa shape index (κ2) is 5.75. The Kier molecular flexibility index (Phi) is 4.35. The minimum Gasteiger partial charge on any atom is -0.348 e. The molecule has 1 heterocycles. The maximum absolute atomic E-state index is 11.2. The van der Waals surface area contributed by atoms with Gasteiger partial charge in [0.05, 0.1) is 6.33 Å². The van der Waals surface area contributed by atoms with Gasteiger partial charge in [0, 0.05) is 25.2 Å². The third kappa shape index (κ3) is 4.03. The highest BCUT2D eigenvalue weighted by atomic mass is 17.2. The van der Waals surface area contributed by atoms with Gasteiger partial charge in [-0.25, -0.2) is 24.3 Å². The summed E-state index contributed by atoms with van der Waals surface area (Å²) in [6, 6.07) is -1.02. The Labute approximate surface area is 96.0 Å². The fraction of sp³-hybridized carbons (Fsp3) is 0.333. The van der Waals surface area contributed by atoms with Gasteiger partial charge in [-0.1, -0.05) is 0 Å². The van der Waals surface area contributed by atoms with Crippen molar-refractivity contribution in [3.63, 3.8) is 0 Å². The lowest BCUT2D eigenvalue weighted by molar-refractivity contribution is -0.257. The third-order valence-electron chi connectivity index (χ3n) is 1.78. The zero-order valence-electron chi connectivity index (χ0n) is 9.00. The molecule has 0 fully saturated rings. The summed E-state index contributed by atoms with van der Waals surface area (Å²) in [6.07, 6.45) is 3.08. The number of carbonyl (C=O) groups excluding carboxylic acids is 3. The summed E-state index contributed by atoms with van der Waals surface area (Å²) in [7, 11) is 0. The van der Waals surface area contributed by atoms with Crippen LogP contribution in [0.2, 0.25) is 0 Å². The van der Waals surface area contributed by atoms with E-state index in [2.05, 4.69) is 19.7 Å². The SMILES string of the molecule is CC(=O)C(=O)OOC(=O)C(N)Cc1cnc[nH]1. The number of carbonyl (C=O) groups is 3. The second-order valence-electron chi connectivity index (χ2n) is 3.22. The van der Waals surface area contributed by atoms with Gasteiger partial charge in [-0.05, 0) is 0 Å². The Hall–Kier alpha value is -2.22. The highest BCUT2D eigenvalue weighted by molar-refractivity contribution is 6.32. The Morgan fingerprint density at radius 3 is 2.71 bits per heavy atom. The molecular weight excluding hydrogens is 230 g/mol. The first-order valence-corrected chi connectivity index (χ1v) is 4.66. The van der Waals surface area contributed by atoms with E-state index in [9.17, 15) is 14.4 Å². The number of hydrogen-bond donors (Lipinski definition) is 2. The van der Waals surface area contributed by atoms with Crippen molar-refractivity contribution >= 4 is 17.7 Å². The molecule has 0 bridgehead atoms. The van der Waals surface area contributed by atoms with E-state index in [-0.39, 0.29) is 6.42 Å². The van der Waals surface area contributed by atoms with Crippen molar-refractivity contribution < 1.29 is 24.2 Å². The van der Waals surface area contributed by atoms with E-state index in [4.69, 9.17) is 5.73 Å². The van der Waals surface area contributed by atoms with E-state index in [1.165, 1.54) is 12.5 Å². The third-order valence-corrected chi connectivity index (χ3v) is 1.78. The number of nitrogens with zero attached hydrogens (tertiary/aromatic N) is 1. The van der Waals surface area contributed by atoms with Gasteiger partial charge >= 0.3 is 11.9 Å². The Morgan fingerprint density at radius 2 is 2.18 bits per heavy atom. The van der Waals surface area contributed by atoms with Gasteiger partial charge in [-0.3, -0.25) is 4.79 Å². The van der Waals surface area contributed by atoms with Gasteiger partial charge in [-0.2, -0.15) is 0 Å². The molecular formula is C9H11N3O5. The number of Topliss-reactive ketones (excluding diaryl/α,β-unsaturated/α-hetero) is 1. The van der Waals surface area contributed by atoms with Gasteiger partial charge in [0.2, 0.25) is 5.78 Å². The average Bonchev–Trinajstić information content (AvgIpc) is 2.77. The van der Waals surface area contributed by atoms with Gasteiger partial charge in [0.25, 0.3) is 0 Å². The molecule has 0 amide bonds. The van der Waals surface area contributed by atoms with Crippen LogP contribution in [-0.2, 0) is 30.6 Å². The summed E-state index contributed by atoms with van der Waals surface area (Å²) >= 11 is 0. The normalized spacial score (nSPS) is 11.6. The topological polar surface area (TPSA) is 124 Å². The van der Waals surface area contributed by atoms with Crippen LogP contribution in [0.3, 0.4) is 0 Å². The molecule has 0 saturated carbocycles. The number of aromatic amines is 1. The van der Waals surface area contributed by atoms with Crippen LogP contribution >= 0.6 is 0 Å². The molecule has 1 aromatic heterocycles. The number of hydrogen-bond acceptors (Lipinski definition) is 7. The summed E-state index contributed by atoms with van der Waals surface area (Å²) < 4.78 is 0. The molecule has 1 rings (SSSR count). The summed E-state index contributed by atoms with van der Waals surface area (Å²) in [5, 5.41) is 0. The molecule has 0 radical (unpaired) electrons. The van der Waals surface area contributed by atoms with Crippen LogP contribution in [0.5, 0.6) is 0 Å². The van der Waals surface area contributed by atoms with E-state index in [1.54, 1.807) is 0 Å². The molecule has 0 aliphatic heterocycles. The van der Waals surface area contributed by atoms with Gasteiger partial charge < -0.3 is 10.7 Å². The van der Waals surface area contributed by atoms with Crippen LogP contribution in [0.1, 0.15) is 12.6 Å². The first kappa shape index (κ1) is 12.8. The minimum atomic E-state index is -1.26. The van der Waals surface area contributed by atoms with Crippen LogP contribution in [-0.4, -0.2) is 33.7 Å². The van der Waals surface area contributed by atoms with Crippen molar-refractivity contribution in [1.29, 1.82) is 0 Å². The Morgan fingerprint density at radius 1 is 1.47 bits per heavy atom. The first-order valence-electron chi connectivity index (χ1n) is 4.66. The molecule has 92 valence electrons. The molecule has 1 unspecified atom stereocenters. The molecule has 0 saturated heterocycles. The number of ketones is 1. The molecule has 0 aliphatic rings. The quantitative estimate of drug-likeness (QED) is 0.388. The smallest absolute Gasteiger partial charge is 0.348 e. The Balaban J connectivity index is 2.37. The zero-order chi connectivity index (χ0) is 12.8. The number of aromatic nitrogens is 2. The van der Waals surface area contributed by atoms with Crippen LogP contribution in [0.4, 0.5) is 0 Å². The van der Waals surface area contributed by atoms with E-state index < -0.39 is 23.8 Å². The van der Waals surface area contributed by atoms with E-state index in [0.29, 0.717) is 5.69 Å². The van der Waals surface area contributed by atoms with Crippen molar-refractivity contribution in [3.05, 3.63) is 18.2 Å². The number of rotatable bonds is 4. The van der Waals surface area contributed by atoms with Crippen molar-refractivity contribution in [1.82, 2.24) is 9.97 Å². The van der Waals surface area contributed by atoms with Crippen LogP contribution in [0.25, 0.3) is 0 Å². The highest BCUT2D eigenvalue weighted by Gasteiger charge is 2.20. The molecule has 0 aliphatic carbocycles. The summed E-state index contributed by atoms with van der Waals surface area (Å²) in [5.41, 5.74) is 6.10. The standard InChI is InChI=1S/C9H11N3O5/c1-5(13)8(14)16-17-9(15)7(10)2-6-3-11-4-12-6/h3-4,7H,2,10H2,1H3,(H,11,12). The fourth-order valence-corrected chi connectivity index (χ4v) is 0.916. The minimum absolute atomic E-state index is 0.149. The van der Waals surface area contributed by atoms with Crippen molar-refractivity contribution in [2.45, 2.75) is 19.4 Å². The van der Waals surface area contributed by atoms with Crippen molar-refractivity contribution in [2.24, 2.45) is 5.73 Å². The number of H-pyrrole nitrogens is 1. The summed E-state index contributed by atoms with van der Waals surface area (Å²) in [5.74, 6) is -3.08. The van der Waals surface area contributed by atoms with Crippen molar-refractivity contribution in [2.75, 3.05) is 0 Å². The average molecular weight is 241 g/mol. The van der Waals surface area contributed by atoms with E-state index in [1.807, 2.05) is 0 Å². The highest BCUT2D eigenvalue weighted by Crippen LogP contribution is 1.98. The van der Waals surface area contributed by atoms with E-state index >= 15 is 0 Å². The molecule has 8 nitrogen and oxygen atoms in total. The maximum atomic E-state index is 11.2. The molecule has 1 aromatic rings. The van der Waals surface area contributed by atoms with Crippen LogP contribution < -0.4 is 5.73 Å². The lowest BCUT2D eigenvalue weighted by Crippen LogP contribution is -2.35. The second-order valence-corrected chi connectivity index (χ2v) is 3.22. The number of nitrogens with two attached hydrogens (primary N) is 1. The Bertz CT molecular complexity index is 414. The molecule has 8 heteroatoms. The van der Waals surface area contributed by atoms with Crippen molar-refractivity contribution in [3.8, 4) is 0 Å². The summed E-state index contributed by atoms with van der Waals surface area (Å²) in [4.78, 5) is 46.9. The monoisotopic (exact) mass is 241 g/mol. The molecule has 0 aromatic carbocycles. The maximum Gasteiger partial charge on any atom is 0.421 e.